The molecule has 0 radical (unpaired) electrons. The number of aliphatic imine (C=N–C) groups is 1. The molecule has 1 rings (SSSR count). The van der Waals surface area contributed by atoms with Crippen LogP contribution in [-0.4, -0.2) is 61.9 Å². The Bertz CT molecular complexity index is 304. The molecular formula is C14H29IN4O. The quantitative estimate of drug-likeness (QED) is 0.439. The van der Waals surface area contributed by atoms with E-state index >= 15 is 0 Å². The molecule has 0 bridgehead atoms. The van der Waals surface area contributed by atoms with Gasteiger partial charge in [-0.05, 0) is 25.7 Å². The number of carbonyl (C=O) groups excluding carboxylic acids is 1. The minimum Gasteiger partial charge on any atom is -0.347 e. The molecule has 1 aliphatic rings. The highest BCUT2D eigenvalue weighted by molar-refractivity contribution is 14.0. The summed E-state index contributed by atoms with van der Waals surface area (Å²) in [6, 6.07) is 0. The molecule has 0 unspecified atom stereocenters. The van der Waals surface area contributed by atoms with Gasteiger partial charge in [-0.25, -0.2) is 0 Å². The monoisotopic (exact) mass is 396 g/mol. The molecule has 0 spiro atoms. The minimum atomic E-state index is 0. The summed E-state index contributed by atoms with van der Waals surface area (Å²) < 4.78 is 0. The van der Waals surface area contributed by atoms with Crippen LogP contribution in [0.1, 0.15) is 39.0 Å². The minimum absolute atomic E-state index is 0. The smallest absolute Gasteiger partial charge is 0.241 e. The molecule has 6 heteroatoms. The molecule has 1 amide bonds. The van der Waals surface area contributed by atoms with Gasteiger partial charge >= 0.3 is 0 Å². The molecule has 0 aliphatic carbocycles. The lowest BCUT2D eigenvalue weighted by Gasteiger charge is -2.28. The molecule has 0 atom stereocenters. The maximum absolute atomic E-state index is 12.0. The third-order valence-electron chi connectivity index (χ3n) is 3.53. The van der Waals surface area contributed by atoms with Crippen LogP contribution in [0.4, 0.5) is 0 Å². The summed E-state index contributed by atoms with van der Waals surface area (Å²) in [7, 11) is 3.77. The lowest BCUT2D eigenvalue weighted by molar-refractivity contribution is -0.130. The van der Waals surface area contributed by atoms with Gasteiger partial charge in [0.2, 0.25) is 5.91 Å². The summed E-state index contributed by atoms with van der Waals surface area (Å²) in [6.07, 6.45) is 5.82. The molecule has 0 aromatic rings. The van der Waals surface area contributed by atoms with Crippen molar-refractivity contribution in [3.05, 3.63) is 0 Å². The lowest BCUT2D eigenvalue weighted by Crippen LogP contribution is -2.46. The van der Waals surface area contributed by atoms with E-state index in [1.807, 2.05) is 11.9 Å². The Balaban J connectivity index is 0.00000361. The van der Waals surface area contributed by atoms with Crippen LogP contribution in [-0.2, 0) is 4.79 Å². The van der Waals surface area contributed by atoms with Crippen molar-refractivity contribution in [1.82, 2.24) is 15.1 Å². The summed E-state index contributed by atoms with van der Waals surface area (Å²) in [6.45, 7) is 5.30. The fraction of sp³-hybridized carbons (Fsp3) is 0.857. The van der Waals surface area contributed by atoms with E-state index in [1.165, 1.54) is 6.42 Å². The SMILES string of the molecule is CCCCN(C)C(=NC)NCC(=O)N1CCCCC1.I. The van der Waals surface area contributed by atoms with Gasteiger partial charge in [-0.3, -0.25) is 9.79 Å². The maximum Gasteiger partial charge on any atom is 0.241 e. The normalized spacial score (nSPS) is 15.6. The van der Waals surface area contributed by atoms with Crippen molar-refractivity contribution in [2.75, 3.05) is 40.3 Å². The Kier molecular flexibility index (Phi) is 10.9. The zero-order valence-electron chi connectivity index (χ0n) is 13.0. The Morgan fingerprint density at radius 2 is 1.95 bits per heavy atom. The fourth-order valence-corrected chi connectivity index (χ4v) is 2.30. The van der Waals surface area contributed by atoms with Gasteiger partial charge in [0.15, 0.2) is 5.96 Å². The number of nitrogens with zero attached hydrogens (tertiary/aromatic N) is 3. The molecule has 20 heavy (non-hydrogen) atoms. The predicted molar refractivity (Wildman–Crippen MR) is 94.7 cm³/mol. The summed E-state index contributed by atoms with van der Waals surface area (Å²) in [5, 5.41) is 3.16. The highest BCUT2D eigenvalue weighted by Crippen LogP contribution is 2.08. The number of rotatable bonds is 5. The summed E-state index contributed by atoms with van der Waals surface area (Å²) in [5.41, 5.74) is 0. The van der Waals surface area contributed by atoms with Crippen molar-refractivity contribution in [2.24, 2.45) is 4.99 Å². The first-order valence-corrected chi connectivity index (χ1v) is 7.38. The topological polar surface area (TPSA) is 47.9 Å². The first kappa shape index (κ1) is 19.5. The fourth-order valence-electron chi connectivity index (χ4n) is 2.30. The van der Waals surface area contributed by atoms with E-state index in [2.05, 4.69) is 22.1 Å². The molecular weight excluding hydrogens is 367 g/mol. The van der Waals surface area contributed by atoms with Crippen molar-refractivity contribution in [1.29, 1.82) is 0 Å². The first-order valence-electron chi connectivity index (χ1n) is 7.38. The number of carbonyl (C=O) groups is 1. The second-order valence-corrected chi connectivity index (χ2v) is 5.12. The van der Waals surface area contributed by atoms with E-state index in [4.69, 9.17) is 0 Å². The number of hydrogen-bond acceptors (Lipinski definition) is 2. The summed E-state index contributed by atoms with van der Waals surface area (Å²) in [4.78, 5) is 20.3. The van der Waals surface area contributed by atoms with Crippen LogP contribution < -0.4 is 5.32 Å². The Hall–Kier alpha value is -0.530. The van der Waals surface area contributed by atoms with Gasteiger partial charge in [-0.15, -0.1) is 24.0 Å². The average Bonchev–Trinajstić information content (AvgIpc) is 2.46. The number of halogens is 1. The van der Waals surface area contributed by atoms with Crippen LogP contribution in [0.15, 0.2) is 4.99 Å². The number of unbranched alkanes of at least 4 members (excludes halogenated alkanes) is 1. The van der Waals surface area contributed by atoms with E-state index in [0.29, 0.717) is 6.54 Å². The molecule has 1 saturated heterocycles. The summed E-state index contributed by atoms with van der Waals surface area (Å²) in [5.74, 6) is 0.989. The average molecular weight is 396 g/mol. The number of nitrogens with one attached hydrogen (secondary N) is 1. The van der Waals surface area contributed by atoms with Crippen molar-refractivity contribution >= 4 is 35.8 Å². The zero-order chi connectivity index (χ0) is 14.1. The third-order valence-corrected chi connectivity index (χ3v) is 3.53. The van der Waals surface area contributed by atoms with Crippen LogP contribution in [0.5, 0.6) is 0 Å². The van der Waals surface area contributed by atoms with Gasteiger partial charge in [-0.1, -0.05) is 13.3 Å². The molecule has 1 fully saturated rings. The van der Waals surface area contributed by atoms with Crippen molar-refractivity contribution in [3.63, 3.8) is 0 Å². The number of amides is 1. The van der Waals surface area contributed by atoms with Crippen LogP contribution in [0.3, 0.4) is 0 Å². The zero-order valence-corrected chi connectivity index (χ0v) is 15.4. The predicted octanol–water partition coefficient (Wildman–Crippen LogP) is 1.92. The second kappa shape index (κ2) is 11.2. The van der Waals surface area contributed by atoms with Gasteiger partial charge in [-0.2, -0.15) is 0 Å². The Morgan fingerprint density at radius 3 is 2.50 bits per heavy atom. The molecule has 1 N–H and O–H groups in total. The lowest BCUT2D eigenvalue weighted by atomic mass is 10.1. The Labute approximate surface area is 140 Å². The van der Waals surface area contributed by atoms with Crippen molar-refractivity contribution in [3.8, 4) is 0 Å². The van der Waals surface area contributed by atoms with E-state index in [9.17, 15) is 4.79 Å². The van der Waals surface area contributed by atoms with Gasteiger partial charge in [0, 0.05) is 33.7 Å². The van der Waals surface area contributed by atoms with E-state index in [1.54, 1.807) is 7.05 Å². The molecule has 1 aliphatic heterocycles. The number of guanidine groups is 1. The van der Waals surface area contributed by atoms with E-state index in [0.717, 1.165) is 51.3 Å². The molecule has 118 valence electrons. The maximum atomic E-state index is 12.0. The first-order chi connectivity index (χ1) is 9.19. The van der Waals surface area contributed by atoms with E-state index < -0.39 is 0 Å². The highest BCUT2D eigenvalue weighted by atomic mass is 127. The van der Waals surface area contributed by atoms with Crippen molar-refractivity contribution < 1.29 is 4.79 Å². The number of likely N-dealkylation sites (tertiary alicyclic amines) is 1. The molecule has 0 aromatic heterocycles. The van der Waals surface area contributed by atoms with E-state index in [-0.39, 0.29) is 29.9 Å². The highest BCUT2D eigenvalue weighted by Gasteiger charge is 2.16. The molecule has 1 heterocycles. The number of hydrogen-bond donors (Lipinski definition) is 1. The molecule has 0 aromatic carbocycles. The second-order valence-electron chi connectivity index (χ2n) is 5.12. The van der Waals surface area contributed by atoms with Gasteiger partial charge < -0.3 is 15.1 Å². The van der Waals surface area contributed by atoms with Crippen LogP contribution in [0, 0.1) is 0 Å². The third kappa shape index (κ3) is 6.76. The van der Waals surface area contributed by atoms with Gasteiger partial charge in [0.05, 0.1) is 6.54 Å². The van der Waals surface area contributed by atoms with Crippen LogP contribution in [0.2, 0.25) is 0 Å². The van der Waals surface area contributed by atoms with Crippen molar-refractivity contribution in [2.45, 2.75) is 39.0 Å². The van der Waals surface area contributed by atoms with Crippen LogP contribution >= 0.6 is 24.0 Å². The largest absolute Gasteiger partial charge is 0.347 e. The van der Waals surface area contributed by atoms with Crippen LogP contribution in [0.25, 0.3) is 0 Å². The molecule has 0 saturated carbocycles. The van der Waals surface area contributed by atoms with Gasteiger partial charge in [0.1, 0.15) is 0 Å². The molecule has 5 nitrogen and oxygen atoms in total. The van der Waals surface area contributed by atoms with Gasteiger partial charge in [0.25, 0.3) is 0 Å². The Morgan fingerprint density at radius 1 is 1.30 bits per heavy atom. The summed E-state index contributed by atoms with van der Waals surface area (Å²) >= 11 is 0. The standard InChI is InChI=1S/C14H28N4O.HI/c1-4-5-9-17(3)14(15-2)16-12-13(19)18-10-7-6-8-11-18;/h4-12H2,1-3H3,(H,15,16);1H. The number of piperidine rings is 1.